The van der Waals surface area contributed by atoms with E-state index in [0.717, 1.165) is 17.7 Å². The number of carbonyl (C=O) groups excluding carboxylic acids is 2. The molecule has 8 nitrogen and oxygen atoms in total. The Hall–Kier alpha value is -3.73. The Labute approximate surface area is 242 Å². The van der Waals surface area contributed by atoms with Crippen molar-refractivity contribution in [1.29, 1.82) is 0 Å². The van der Waals surface area contributed by atoms with Crippen LogP contribution in [0.15, 0.2) is 42.5 Å². The van der Waals surface area contributed by atoms with Crippen molar-refractivity contribution in [3.8, 4) is 17.2 Å². The van der Waals surface area contributed by atoms with Crippen LogP contribution in [0.1, 0.15) is 42.9 Å². The van der Waals surface area contributed by atoms with Crippen LogP contribution >= 0.6 is 0 Å². The number of hydrogen-bond donors (Lipinski definition) is 0. The van der Waals surface area contributed by atoms with Gasteiger partial charge in [-0.1, -0.05) is 18.2 Å². The highest BCUT2D eigenvalue weighted by atomic mass is 19.4. The monoisotopic (exact) mass is 586 g/mol. The van der Waals surface area contributed by atoms with Crippen molar-refractivity contribution in [1.82, 2.24) is 9.80 Å². The van der Waals surface area contributed by atoms with Crippen molar-refractivity contribution in [3.63, 3.8) is 0 Å². The molecule has 2 aliphatic heterocycles. The first kappa shape index (κ1) is 28.4. The normalized spacial score (nSPS) is 29.5. The van der Waals surface area contributed by atoms with Crippen molar-refractivity contribution in [2.24, 2.45) is 0 Å². The van der Waals surface area contributed by atoms with E-state index in [-0.39, 0.29) is 29.7 Å². The minimum absolute atomic E-state index is 0.0545. The summed E-state index contributed by atoms with van der Waals surface area (Å²) in [6.45, 7) is 2.21. The van der Waals surface area contributed by atoms with Crippen LogP contribution in [-0.4, -0.2) is 79.6 Å². The van der Waals surface area contributed by atoms with Gasteiger partial charge in [0, 0.05) is 25.6 Å². The first-order chi connectivity index (χ1) is 19.9. The van der Waals surface area contributed by atoms with Crippen LogP contribution in [0.3, 0.4) is 0 Å². The van der Waals surface area contributed by atoms with Gasteiger partial charge in [-0.3, -0.25) is 14.5 Å². The van der Waals surface area contributed by atoms with Crippen LogP contribution in [0.25, 0.3) is 6.08 Å². The maximum atomic E-state index is 13.5. The number of methoxy groups -OCH3 is 1. The van der Waals surface area contributed by atoms with E-state index in [1.807, 2.05) is 6.07 Å². The van der Waals surface area contributed by atoms with Gasteiger partial charge in [-0.05, 0) is 74.7 Å². The van der Waals surface area contributed by atoms with Crippen LogP contribution < -0.4 is 14.2 Å². The fourth-order valence-corrected chi connectivity index (χ4v) is 7.97. The lowest BCUT2D eigenvalue weighted by Crippen LogP contribution is -2.78. The molecular formula is C31H33F3N2O6. The zero-order chi connectivity index (χ0) is 30.0. The number of rotatable bonds is 6. The van der Waals surface area contributed by atoms with E-state index >= 15 is 0 Å². The molecule has 2 unspecified atom stereocenters. The second-order valence-electron chi connectivity index (χ2n) is 11.6. The molecule has 0 radical (unpaired) electrons. The van der Waals surface area contributed by atoms with Gasteiger partial charge in [0.1, 0.15) is 17.5 Å². The fraction of sp³-hybridized carbons (Fsp3) is 0.484. The van der Waals surface area contributed by atoms with Gasteiger partial charge < -0.3 is 23.8 Å². The maximum Gasteiger partial charge on any atom is 0.573 e. The SMILES string of the molecule is COc1ccc2c3c1OC1C(N(C)C(=O)/C=C/c4cccc(OC(F)(F)F)c4)CC[C@@]4(OC(C)=O)[C@@H](C2)N(C)CC[C@]314. The minimum atomic E-state index is -4.81. The highest BCUT2D eigenvalue weighted by Crippen LogP contribution is 2.67. The summed E-state index contributed by atoms with van der Waals surface area (Å²) < 4.78 is 60.8. The number of likely N-dealkylation sites (N-methyl/N-ethyl adjacent to an activating group) is 2. The third-order valence-corrected chi connectivity index (χ3v) is 9.54. The predicted octanol–water partition coefficient (Wildman–Crippen LogP) is 4.49. The summed E-state index contributed by atoms with van der Waals surface area (Å²) in [6.07, 6.45) is -0.0693. The lowest BCUT2D eigenvalue weighted by molar-refractivity contribution is -0.274. The molecule has 2 heterocycles. The van der Waals surface area contributed by atoms with E-state index in [1.54, 1.807) is 25.1 Å². The lowest BCUT2D eigenvalue weighted by Gasteiger charge is -2.65. The van der Waals surface area contributed by atoms with E-state index in [9.17, 15) is 22.8 Å². The molecule has 2 aromatic rings. The third-order valence-electron chi connectivity index (χ3n) is 9.54. The van der Waals surface area contributed by atoms with Crippen molar-refractivity contribution in [2.45, 2.75) is 68.2 Å². The lowest BCUT2D eigenvalue weighted by atomic mass is 9.48. The smallest absolute Gasteiger partial charge is 0.493 e. The topological polar surface area (TPSA) is 77.5 Å². The second kappa shape index (κ2) is 9.93. The number of amides is 1. The predicted molar refractivity (Wildman–Crippen MR) is 146 cm³/mol. The summed E-state index contributed by atoms with van der Waals surface area (Å²) in [7, 11) is 5.35. The van der Waals surface area contributed by atoms with E-state index in [4.69, 9.17) is 14.2 Å². The molecule has 11 heteroatoms. The number of esters is 1. The van der Waals surface area contributed by atoms with Crippen LogP contribution in [0, 0.1) is 0 Å². The van der Waals surface area contributed by atoms with Crippen LogP contribution in [0.4, 0.5) is 13.2 Å². The molecule has 42 heavy (non-hydrogen) atoms. The molecular weight excluding hydrogens is 553 g/mol. The van der Waals surface area contributed by atoms with Gasteiger partial charge in [0.15, 0.2) is 11.5 Å². The zero-order valence-corrected chi connectivity index (χ0v) is 23.9. The minimum Gasteiger partial charge on any atom is -0.493 e. The second-order valence-corrected chi connectivity index (χ2v) is 11.6. The molecule has 1 amide bonds. The first-order valence-corrected chi connectivity index (χ1v) is 14.0. The Balaban J connectivity index is 1.36. The molecule has 2 bridgehead atoms. The summed E-state index contributed by atoms with van der Waals surface area (Å²) in [4.78, 5) is 30.1. The van der Waals surface area contributed by atoms with Gasteiger partial charge in [0.25, 0.3) is 0 Å². The molecule has 2 aliphatic carbocycles. The Kier molecular flexibility index (Phi) is 6.71. The molecule has 1 saturated heterocycles. The Morgan fingerprint density at radius 3 is 2.69 bits per heavy atom. The van der Waals surface area contributed by atoms with E-state index in [1.165, 1.54) is 37.3 Å². The van der Waals surface area contributed by atoms with E-state index in [0.29, 0.717) is 42.7 Å². The Morgan fingerprint density at radius 1 is 1.19 bits per heavy atom. The molecule has 2 aromatic carbocycles. The number of benzene rings is 2. The van der Waals surface area contributed by atoms with Gasteiger partial charge in [-0.15, -0.1) is 13.2 Å². The first-order valence-electron chi connectivity index (χ1n) is 14.0. The number of nitrogens with zero attached hydrogens (tertiary/aromatic N) is 2. The number of alkyl halides is 3. The number of halogens is 3. The number of piperidine rings is 1. The van der Waals surface area contributed by atoms with E-state index < -0.39 is 23.5 Å². The van der Waals surface area contributed by atoms with E-state index in [2.05, 4.69) is 22.8 Å². The molecule has 2 fully saturated rings. The Morgan fingerprint density at radius 2 is 1.98 bits per heavy atom. The van der Waals surface area contributed by atoms with Crippen LogP contribution in [0.5, 0.6) is 17.2 Å². The Bertz CT molecular complexity index is 1460. The van der Waals surface area contributed by atoms with Crippen molar-refractivity contribution in [3.05, 3.63) is 59.2 Å². The largest absolute Gasteiger partial charge is 0.573 e. The number of carbonyl (C=O) groups is 2. The standard InChI is InChI=1S/C31H33F3N2O6/c1-18(37)41-30-13-12-22(36(3)25(38)11-8-19-6-5-7-21(16-19)42-31(32,33)34)28-29(30)14-15-35(2)24(30)17-20-9-10-23(39-4)27(40-28)26(20)29/h5-11,16,22,24,28H,12-15,17H2,1-4H3/b11-8+/t22?,24-,28?,29+,30-/m1/s1. The maximum absolute atomic E-state index is 13.5. The number of likely N-dealkylation sites (tertiary alicyclic amines) is 1. The summed E-state index contributed by atoms with van der Waals surface area (Å²) >= 11 is 0. The summed E-state index contributed by atoms with van der Waals surface area (Å²) in [5.41, 5.74) is 1.01. The van der Waals surface area contributed by atoms with Crippen LogP contribution in [0.2, 0.25) is 0 Å². The molecule has 1 spiro atoms. The van der Waals surface area contributed by atoms with Crippen molar-refractivity contribution < 1.29 is 41.7 Å². The number of ether oxygens (including phenoxy) is 4. The van der Waals surface area contributed by atoms with Gasteiger partial charge in [0.2, 0.25) is 5.91 Å². The summed E-state index contributed by atoms with van der Waals surface area (Å²) in [5, 5.41) is 0. The molecule has 1 saturated carbocycles. The fourth-order valence-electron chi connectivity index (χ4n) is 7.97. The molecule has 0 aromatic heterocycles. The quantitative estimate of drug-likeness (QED) is 0.365. The summed E-state index contributed by atoms with van der Waals surface area (Å²) in [6, 6.07) is 8.98. The third kappa shape index (κ3) is 4.23. The average molecular weight is 587 g/mol. The van der Waals surface area contributed by atoms with Gasteiger partial charge in [-0.25, -0.2) is 0 Å². The van der Waals surface area contributed by atoms with Gasteiger partial charge in [-0.2, -0.15) is 0 Å². The van der Waals surface area contributed by atoms with Crippen molar-refractivity contribution in [2.75, 3.05) is 27.7 Å². The zero-order valence-electron chi connectivity index (χ0n) is 23.9. The highest BCUT2D eigenvalue weighted by Gasteiger charge is 2.75. The average Bonchev–Trinajstić information content (AvgIpc) is 3.28. The summed E-state index contributed by atoms with van der Waals surface area (Å²) in [5.74, 6) is 0.195. The molecule has 0 N–H and O–H groups in total. The van der Waals surface area contributed by atoms with Crippen molar-refractivity contribution >= 4 is 18.0 Å². The molecule has 224 valence electrons. The highest BCUT2D eigenvalue weighted by molar-refractivity contribution is 5.92. The molecule has 5 atom stereocenters. The molecule has 6 rings (SSSR count). The van der Waals surface area contributed by atoms with Gasteiger partial charge >= 0.3 is 12.3 Å². The van der Waals surface area contributed by atoms with Crippen LogP contribution in [-0.2, 0) is 26.2 Å². The molecule has 4 aliphatic rings. The number of hydrogen-bond acceptors (Lipinski definition) is 7. The van der Waals surface area contributed by atoms with Gasteiger partial charge in [0.05, 0.1) is 24.6 Å².